The highest BCUT2D eigenvalue weighted by Gasteiger charge is 2.38. The van der Waals surface area contributed by atoms with Gasteiger partial charge in [-0.05, 0) is 104 Å². The largest absolute Gasteiger partial charge is 0.616 e. The van der Waals surface area contributed by atoms with Crippen LogP contribution < -0.4 is 14.5 Å². The lowest BCUT2D eigenvalue weighted by Crippen LogP contribution is -2.34. The summed E-state index contributed by atoms with van der Waals surface area (Å²) in [5.41, 5.74) is -3.22. The molecule has 3 aromatic carbocycles. The zero-order chi connectivity index (χ0) is 44.5. The molecule has 1 aliphatic carbocycles. The Balaban J connectivity index is 1.44. The Kier molecular flexibility index (Phi) is 15.9. The Morgan fingerprint density at radius 2 is 1.43 bits per heavy atom. The molecule has 8 nitrogen and oxygen atoms in total. The molecule has 0 saturated heterocycles. The number of benzene rings is 3. The fraction of sp³-hybridized carbons (Fsp3) is 0.465. The maximum Gasteiger partial charge on any atom is 0.416 e. The molecule has 0 bridgehead atoms. The number of ether oxygens (including phenoxy) is 2. The van der Waals surface area contributed by atoms with E-state index in [0.717, 1.165) is 43.4 Å². The van der Waals surface area contributed by atoms with Crippen LogP contribution in [0.5, 0.6) is 5.75 Å². The molecule has 2 atom stereocenters. The molecular weight excluding hydrogens is 840 g/mol. The van der Waals surface area contributed by atoms with Crippen LogP contribution >= 0.6 is 0 Å². The molecule has 0 N–H and O–H groups in total. The van der Waals surface area contributed by atoms with Gasteiger partial charge in [-0.25, -0.2) is 9.97 Å². The molecule has 61 heavy (non-hydrogen) atoms. The van der Waals surface area contributed by atoms with E-state index in [1.165, 1.54) is 36.5 Å². The van der Waals surface area contributed by atoms with Crippen LogP contribution in [0.15, 0.2) is 79.1 Å². The fourth-order valence-corrected chi connectivity index (χ4v) is 7.65. The normalized spacial score (nSPS) is 17.1. The minimum atomic E-state index is -5.15. The van der Waals surface area contributed by atoms with Crippen molar-refractivity contribution in [1.82, 2.24) is 9.97 Å². The first-order valence-electron chi connectivity index (χ1n) is 19.7. The molecule has 1 fully saturated rings. The van der Waals surface area contributed by atoms with E-state index < -0.39 is 64.5 Å². The number of carbonyl (C=O) groups excluding carboxylic acids is 1. The third-order valence-electron chi connectivity index (χ3n) is 10.7. The summed E-state index contributed by atoms with van der Waals surface area (Å²) in [6.45, 7) is 3.68. The van der Waals surface area contributed by atoms with Crippen LogP contribution in [0.1, 0.15) is 85.4 Å². The standard InChI is InChI=1S/C43H47F9N4O4S/c1-4-55(25-30-12-10-29(11-13-30)18-39(57)60-27-31-8-6-5-7-9-31)38-15-14-34(41(44,45)46)21-33(38)26-56(40-53-23-37(24-54-40)59-16-17-61(3)58)28(2)32-19-35(42(47,48)49)22-36(20-32)43(50,51)52/h5-9,14-15,19-24,28-30H,4,10-13,16-18,25-27H2,1-3H3/t28-,29-,30-,61?/m0/s1. The van der Waals surface area contributed by atoms with Gasteiger partial charge in [-0.15, -0.1) is 0 Å². The van der Waals surface area contributed by atoms with Crippen molar-refractivity contribution in [3.8, 4) is 5.75 Å². The molecule has 0 radical (unpaired) electrons. The number of alkyl halides is 9. The maximum atomic E-state index is 14.3. The van der Waals surface area contributed by atoms with Crippen LogP contribution in [0, 0.1) is 11.8 Å². The van der Waals surface area contributed by atoms with E-state index in [1.54, 1.807) is 0 Å². The Labute approximate surface area is 351 Å². The van der Waals surface area contributed by atoms with Gasteiger partial charge in [-0.1, -0.05) is 41.5 Å². The summed E-state index contributed by atoms with van der Waals surface area (Å²) in [5, 5.41) is 0. The Hall–Kier alpha value is -4.71. The molecule has 1 aliphatic rings. The number of hydrogen-bond donors (Lipinski definition) is 0. The number of hydrogen-bond acceptors (Lipinski definition) is 8. The fourth-order valence-electron chi connectivity index (χ4n) is 7.33. The zero-order valence-corrected chi connectivity index (χ0v) is 34.6. The van der Waals surface area contributed by atoms with Crippen molar-refractivity contribution in [3.63, 3.8) is 0 Å². The van der Waals surface area contributed by atoms with Gasteiger partial charge >= 0.3 is 24.5 Å². The van der Waals surface area contributed by atoms with E-state index in [1.807, 2.05) is 42.2 Å². The molecule has 4 aromatic rings. The summed E-state index contributed by atoms with van der Waals surface area (Å²) in [7, 11) is 0. The van der Waals surface area contributed by atoms with E-state index in [9.17, 15) is 48.9 Å². The smallest absolute Gasteiger partial charge is 0.416 e. The average Bonchev–Trinajstić information content (AvgIpc) is 3.21. The predicted octanol–water partition coefficient (Wildman–Crippen LogP) is 10.8. The summed E-state index contributed by atoms with van der Waals surface area (Å²) >= 11 is -1.18. The Bertz CT molecular complexity index is 1990. The maximum absolute atomic E-state index is 14.3. The van der Waals surface area contributed by atoms with Crippen LogP contribution in [-0.4, -0.2) is 52.2 Å². The van der Waals surface area contributed by atoms with Crippen molar-refractivity contribution in [1.29, 1.82) is 0 Å². The van der Waals surface area contributed by atoms with Gasteiger partial charge < -0.3 is 23.8 Å². The number of anilines is 2. The lowest BCUT2D eigenvalue weighted by molar-refractivity contribution is -0.146. The monoisotopic (exact) mass is 886 g/mol. The summed E-state index contributed by atoms with van der Waals surface area (Å²) in [6.07, 6.45) is -8.01. The molecule has 1 unspecified atom stereocenters. The van der Waals surface area contributed by atoms with Crippen molar-refractivity contribution < 1.29 is 58.3 Å². The summed E-state index contributed by atoms with van der Waals surface area (Å²) < 4.78 is 149. The highest BCUT2D eigenvalue weighted by Crippen LogP contribution is 2.41. The first kappa shape index (κ1) is 47.3. The summed E-state index contributed by atoms with van der Waals surface area (Å²) in [5.74, 6) is 0.00380. The van der Waals surface area contributed by atoms with E-state index in [-0.39, 0.29) is 66.5 Å². The third kappa shape index (κ3) is 13.6. The van der Waals surface area contributed by atoms with E-state index in [2.05, 4.69) is 9.97 Å². The molecule has 0 spiro atoms. The summed E-state index contributed by atoms with van der Waals surface area (Å²) in [4.78, 5) is 24.3. The topological polar surface area (TPSA) is 90.9 Å². The minimum Gasteiger partial charge on any atom is -0.616 e. The van der Waals surface area contributed by atoms with Crippen LogP contribution in [-0.2, 0) is 52.4 Å². The first-order valence-corrected chi connectivity index (χ1v) is 21.4. The van der Waals surface area contributed by atoms with Crippen LogP contribution in [0.25, 0.3) is 0 Å². The molecule has 332 valence electrons. The Morgan fingerprint density at radius 1 is 0.836 bits per heavy atom. The lowest BCUT2D eigenvalue weighted by atomic mass is 9.80. The van der Waals surface area contributed by atoms with Crippen LogP contribution in [0.3, 0.4) is 0 Å². The second kappa shape index (κ2) is 20.4. The lowest BCUT2D eigenvalue weighted by Gasteiger charge is -2.36. The highest BCUT2D eigenvalue weighted by atomic mass is 32.2. The molecule has 0 amide bonds. The van der Waals surface area contributed by atoms with E-state index >= 15 is 0 Å². The third-order valence-corrected chi connectivity index (χ3v) is 11.4. The quantitative estimate of drug-likeness (QED) is 0.0588. The van der Waals surface area contributed by atoms with Crippen molar-refractivity contribution in [2.24, 2.45) is 11.8 Å². The SMILES string of the molecule is CCN(C[C@H]1CC[C@H](CC(=O)OCc2ccccc2)CC1)c1ccc(C(F)(F)F)cc1CN(c1ncc(OCC[S+](C)[O-])cn1)[C@@H](C)c1cc(C(F)(F)F)cc(C(F)(F)F)c1. The van der Waals surface area contributed by atoms with E-state index in [0.29, 0.717) is 30.9 Å². The molecule has 18 heteroatoms. The van der Waals surface area contributed by atoms with Gasteiger partial charge in [0, 0.05) is 31.7 Å². The Morgan fingerprint density at radius 3 is 1.98 bits per heavy atom. The number of esters is 1. The highest BCUT2D eigenvalue weighted by molar-refractivity contribution is 7.90. The van der Waals surface area contributed by atoms with Gasteiger partial charge in [-0.2, -0.15) is 39.5 Å². The molecule has 5 rings (SSSR count). The van der Waals surface area contributed by atoms with Crippen molar-refractivity contribution in [2.75, 3.05) is 41.5 Å². The molecule has 0 aliphatic heterocycles. The summed E-state index contributed by atoms with van der Waals surface area (Å²) in [6, 6.07) is 12.3. The average molecular weight is 887 g/mol. The molecule has 1 aromatic heterocycles. The van der Waals surface area contributed by atoms with Gasteiger partial charge in [0.05, 0.1) is 41.4 Å². The number of halogens is 9. The second-order valence-electron chi connectivity index (χ2n) is 15.1. The molecule has 1 heterocycles. The predicted molar refractivity (Wildman–Crippen MR) is 213 cm³/mol. The second-order valence-corrected chi connectivity index (χ2v) is 16.7. The van der Waals surface area contributed by atoms with Gasteiger partial charge in [-0.3, -0.25) is 4.79 Å². The van der Waals surface area contributed by atoms with Gasteiger partial charge in [0.25, 0.3) is 0 Å². The van der Waals surface area contributed by atoms with Crippen molar-refractivity contribution in [3.05, 3.63) is 113 Å². The number of carbonyl (C=O) groups is 1. The van der Waals surface area contributed by atoms with Crippen LogP contribution in [0.2, 0.25) is 0 Å². The van der Waals surface area contributed by atoms with E-state index in [4.69, 9.17) is 9.47 Å². The number of rotatable bonds is 17. The van der Waals surface area contributed by atoms with Crippen molar-refractivity contribution in [2.45, 2.75) is 83.7 Å². The van der Waals surface area contributed by atoms with Gasteiger partial charge in [0.1, 0.15) is 19.0 Å². The van der Waals surface area contributed by atoms with Gasteiger partial charge in [0.15, 0.2) is 5.75 Å². The molecular formula is C43H47F9N4O4S. The van der Waals surface area contributed by atoms with Gasteiger partial charge in [0.2, 0.25) is 5.95 Å². The minimum absolute atomic E-state index is 0.00170. The number of aromatic nitrogens is 2. The number of nitrogens with zero attached hydrogens (tertiary/aromatic N) is 4. The van der Waals surface area contributed by atoms with Crippen LogP contribution in [0.4, 0.5) is 51.1 Å². The zero-order valence-electron chi connectivity index (χ0n) is 33.7. The first-order chi connectivity index (χ1) is 28.7. The molecule has 1 saturated carbocycles. The van der Waals surface area contributed by atoms with Crippen molar-refractivity contribution >= 4 is 28.8 Å².